The van der Waals surface area contributed by atoms with Crippen LogP contribution in [-0.2, 0) is 16.1 Å². The molecule has 1 aromatic carbocycles. The SMILES string of the molecule is CCOC(=O)Cn1[nH]c(=O)n(-c2ccccc2)c1=O. The molecule has 0 aliphatic carbocycles. The monoisotopic (exact) mass is 263 g/mol. The lowest BCUT2D eigenvalue weighted by atomic mass is 10.3. The van der Waals surface area contributed by atoms with Gasteiger partial charge in [-0.3, -0.25) is 4.79 Å². The van der Waals surface area contributed by atoms with Gasteiger partial charge in [0, 0.05) is 0 Å². The molecule has 7 heteroatoms. The summed E-state index contributed by atoms with van der Waals surface area (Å²) in [6.45, 7) is 1.57. The standard InChI is InChI=1S/C12H13N3O4/c1-2-19-10(16)8-14-12(18)15(11(17)13-14)9-6-4-3-5-7-9/h3-7H,2,8H2,1H3,(H,13,17). The zero-order valence-corrected chi connectivity index (χ0v) is 10.3. The maximum atomic E-state index is 12.0. The molecule has 0 saturated heterocycles. The Morgan fingerprint density at radius 3 is 2.58 bits per heavy atom. The van der Waals surface area contributed by atoms with E-state index in [0.717, 1.165) is 9.25 Å². The summed E-state index contributed by atoms with van der Waals surface area (Å²) in [5, 5.41) is 2.31. The quantitative estimate of drug-likeness (QED) is 0.780. The van der Waals surface area contributed by atoms with Crippen LogP contribution in [0.4, 0.5) is 0 Å². The average molecular weight is 263 g/mol. The minimum Gasteiger partial charge on any atom is -0.465 e. The smallest absolute Gasteiger partial charge is 0.352 e. The summed E-state index contributed by atoms with van der Waals surface area (Å²) in [7, 11) is 0. The number of aromatic nitrogens is 3. The first-order chi connectivity index (χ1) is 9.13. The zero-order valence-electron chi connectivity index (χ0n) is 10.3. The third-order valence-corrected chi connectivity index (χ3v) is 2.46. The van der Waals surface area contributed by atoms with Gasteiger partial charge in [-0.25, -0.2) is 23.9 Å². The number of carbonyl (C=O) groups excluding carboxylic acids is 1. The number of benzene rings is 1. The van der Waals surface area contributed by atoms with Gasteiger partial charge in [0.1, 0.15) is 6.54 Å². The number of para-hydroxylation sites is 1. The highest BCUT2D eigenvalue weighted by atomic mass is 16.5. The lowest BCUT2D eigenvalue weighted by Gasteiger charge is -2.01. The van der Waals surface area contributed by atoms with E-state index in [4.69, 9.17) is 4.74 Å². The summed E-state index contributed by atoms with van der Waals surface area (Å²) < 4.78 is 6.61. The fraction of sp³-hybridized carbons (Fsp3) is 0.250. The van der Waals surface area contributed by atoms with Crippen LogP contribution in [0.1, 0.15) is 6.92 Å². The molecule has 0 fully saturated rings. The Kier molecular flexibility index (Phi) is 3.65. The van der Waals surface area contributed by atoms with Crippen LogP contribution in [0.25, 0.3) is 5.69 Å². The third kappa shape index (κ3) is 2.65. The number of rotatable bonds is 4. The minimum atomic E-state index is -0.607. The lowest BCUT2D eigenvalue weighted by Crippen LogP contribution is -2.29. The Hall–Kier alpha value is -2.57. The van der Waals surface area contributed by atoms with Crippen LogP contribution in [0.3, 0.4) is 0 Å². The highest BCUT2D eigenvalue weighted by Crippen LogP contribution is 1.99. The van der Waals surface area contributed by atoms with Crippen molar-refractivity contribution >= 4 is 5.97 Å². The molecule has 100 valence electrons. The summed E-state index contributed by atoms with van der Waals surface area (Å²) in [6, 6.07) is 8.46. The summed E-state index contributed by atoms with van der Waals surface area (Å²) in [6.07, 6.45) is 0. The predicted molar refractivity (Wildman–Crippen MR) is 67.3 cm³/mol. The number of esters is 1. The summed E-state index contributed by atoms with van der Waals surface area (Å²) in [5.41, 5.74) is -0.763. The molecule has 0 radical (unpaired) electrons. The van der Waals surface area contributed by atoms with Gasteiger partial charge >= 0.3 is 17.3 Å². The number of nitrogens with one attached hydrogen (secondary N) is 1. The maximum Gasteiger partial charge on any atom is 0.352 e. The summed E-state index contributed by atoms with van der Waals surface area (Å²) in [4.78, 5) is 35.1. The molecule has 0 unspecified atom stereocenters. The highest BCUT2D eigenvalue weighted by molar-refractivity contribution is 5.68. The molecule has 0 atom stereocenters. The maximum absolute atomic E-state index is 12.0. The summed E-state index contributed by atoms with van der Waals surface area (Å²) >= 11 is 0. The molecule has 0 saturated carbocycles. The normalized spacial score (nSPS) is 10.4. The van der Waals surface area contributed by atoms with E-state index in [9.17, 15) is 14.4 Å². The number of hydrogen-bond donors (Lipinski definition) is 1. The van der Waals surface area contributed by atoms with Crippen LogP contribution in [0, 0.1) is 0 Å². The first-order valence-electron chi connectivity index (χ1n) is 5.76. The van der Waals surface area contributed by atoms with Crippen molar-refractivity contribution in [1.29, 1.82) is 0 Å². The fourth-order valence-corrected chi connectivity index (χ4v) is 1.67. The van der Waals surface area contributed by atoms with Gasteiger partial charge in [0.25, 0.3) is 0 Å². The van der Waals surface area contributed by atoms with Crippen molar-refractivity contribution in [2.75, 3.05) is 6.61 Å². The molecule has 1 aromatic heterocycles. The number of carbonyl (C=O) groups is 1. The first kappa shape index (κ1) is 12.9. The second kappa shape index (κ2) is 5.38. The van der Waals surface area contributed by atoms with Gasteiger partial charge in [-0.15, -0.1) is 0 Å². The molecule has 1 N–H and O–H groups in total. The van der Waals surface area contributed by atoms with Gasteiger partial charge in [-0.2, -0.15) is 0 Å². The number of ether oxygens (including phenoxy) is 1. The van der Waals surface area contributed by atoms with Crippen LogP contribution >= 0.6 is 0 Å². The van der Waals surface area contributed by atoms with Crippen molar-refractivity contribution in [1.82, 2.24) is 14.3 Å². The number of hydrogen-bond acceptors (Lipinski definition) is 4. The van der Waals surface area contributed by atoms with E-state index in [2.05, 4.69) is 5.10 Å². The Balaban J connectivity index is 2.39. The number of nitrogens with zero attached hydrogens (tertiary/aromatic N) is 2. The summed E-state index contributed by atoms with van der Waals surface area (Å²) in [5.74, 6) is -0.578. The van der Waals surface area contributed by atoms with Gasteiger partial charge in [0.15, 0.2) is 0 Å². The second-order valence-corrected chi connectivity index (χ2v) is 3.76. The minimum absolute atomic E-state index is 0.219. The molecule has 0 amide bonds. The molecule has 0 bridgehead atoms. The Morgan fingerprint density at radius 2 is 1.95 bits per heavy atom. The van der Waals surface area contributed by atoms with Crippen LogP contribution in [0.5, 0.6) is 0 Å². The number of H-pyrrole nitrogens is 1. The highest BCUT2D eigenvalue weighted by Gasteiger charge is 2.13. The van der Waals surface area contributed by atoms with Gasteiger partial charge < -0.3 is 4.74 Å². The van der Waals surface area contributed by atoms with Gasteiger partial charge in [0.05, 0.1) is 12.3 Å². The molecule has 7 nitrogen and oxygen atoms in total. The first-order valence-corrected chi connectivity index (χ1v) is 5.76. The molecule has 2 rings (SSSR count). The molecule has 0 spiro atoms. The van der Waals surface area contributed by atoms with Crippen LogP contribution < -0.4 is 11.4 Å². The largest absolute Gasteiger partial charge is 0.465 e. The van der Waals surface area contributed by atoms with Crippen molar-refractivity contribution in [3.8, 4) is 5.69 Å². The zero-order chi connectivity index (χ0) is 13.8. The molecular formula is C12H13N3O4. The molecule has 0 aliphatic rings. The van der Waals surface area contributed by atoms with E-state index in [0.29, 0.717) is 5.69 Å². The molecule has 2 aromatic rings. The van der Waals surface area contributed by atoms with Gasteiger partial charge in [0.2, 0.25) is 0 Å². The van der Waals surface area contributed by atoms with Crippen molar-refractivity contribution in [2.24, 2.45) is 0 Å². The van der Waals surface area contributed by atoms with Crippen molar-refractivity contribution in [3.63, 3.8) is 0 Å². The van der Waals surface area contributed by atoms with Crippen molar-refractivity contribution < 1.29 is 9.53 Å². The van der Waals surface area contributed by atoms with E-state index < -0.39 is 17.3 Å². The topological polar surface area (TPSA) is 86.1 Å². The fourth-order valence-electron chi connectivity index (χ4n) is 1.67. The van der Waals surface area contributed by atoms with Crippen LogP contribution in [0.2, 0.25) is 0 Å². The number of aromatic amines is 1. The predicted octanol–water partition coefficient (Wildman–Crippen LogP) is -0.110. The molecular weight excluding hydrogens is 250 g/mol. The Labute approximate surface area is 108 Å². The third-order valence-electron chi connectivity index (χ3n) is 2.46. The van der Waals surface area contributed by atoms with Crippen molar-refractivity contribution in [2.45, 2.75) is 13.5 Å². The molecule has 19 heavy (non-hydrogen) atoms. The second-order valence-electron chi connectivity index (χ2n) is 3.76. The van der Waals surface area contributed by atoms with E-state index in [-0.39, 0.29) is 13.2 Å². The molecule has 1 heterocycles. The Bertz CT molecular complexity index is 681. The molecule has 0 aliphatic heterocycles. The van der Waals surface area contributed by atoms with Crippen LogP contribution in [0.15, 0.2) is 39.9 Å². The Morgan fingerprint density at radius 1 is 1.26 bits per heavy atom. The van der Waals surface area contributed by atoms with E-state index in [1.54, 1.807) is 37.3 Å². The van der Waals surface area contributed by atoms with E-state index in [1.165, 1.54) is 0 Å². The van der Waals surface area contributed by atoms with Gasteiger partial charge in [-0.1, -0.05) is 18.2 Å². The average Bonchev–Trinajstić information content (AvgIpc) is 2.66. The van der Waals surface area contributed by atoms with Crippen LogP contribution in [-0.4, -0.2) is 26.9 Å². The van der Waals surface area contributed by atoms with Gasteiger partial charge in [-0.05, 0) is 19.1 Å². The van der Waals surface area contributed by atoms with Crippen molar-refractivity contribution in [3.05, 3.63) is 51.3 Å². The van der Waals surface area contributed by atoms with E-state index in [1.807, 2.05) is 0 Å². The van der Waals surface area contributed by atoms with E-state index >= 15 is 0 Å². The lowest BCUT2D eigenvalue weighted by molar-refractivity contribution is -0.144.